The first-order valence-electron chi connectivity index (χ1n) is 9.00. The maximum Gasteiger partial charge on any atom is 0.419 e. The summed E-state index contributed by atoms with van der Waals surface area (Å²) >= 11 is 0. The molecule has 1 aliphatic rings. The Labute approximate surface area is 162 Å². The van der Waals surface area contributed by atoms with Crippen LogP contribution in [0.2, 0.25) is 0 Å². The molecule has 1 unspecified atom stereocenters. The average molecular weight is 413 g/mol. The van der Waals surface area contributed by atoms with Crippen LogP contribution in [0.5, 0.6) is 5.75 Å². The predicted octanol–water partition coefficient (Wildman–Crippen LogP) is 4.60. The Hall–Kier alpha value is -2.06. The Morgan fingerprint density at radius 2 is 1.89 bits per heavy atom. The van der Waals surface area contributed by atoms with Gasteiger partial charge in [0.1, 0.15) is 12.4 Å². The van der Waals surface area contributed by atoms with Crippen molar-refractivity contribution in [2.75, 3.05) is 0 Å². The van der Waals surface area contributed by atoms with E-state index in [1.807, 2.05) is 12.1 Å². The molecule has 0 fully saturated rings. The van der Waals surface area contributed by atoms with Crippen molar-refractivity contribution in [2.45, 2.75) is 50.8 Å². The van der Waals surface area contributed by atoms with Crippen molar-refractivity contribution in [1.82, 2.24) is 4.72 Å². The second-order valence-corrected chi connectivity index (χ2v) is 9.39. The van der Waals surface area contributed by atoms with Gasteiger partial charge in [-0.25, -0.2) is 13.1 Å². The number of rotatable bonds is 6. The Bertz CT molecular complexity index is 955. The first-order valence-corrected chi connectivity index (χ1v) is 10.5. The fourth-order valence-electron chi connectivity index (χ4n) is 3.21. The van der Waals surface area contributed by atoms with Crippen LogP contribution in [-0.4, -0.2) is 13.7 Å². The standard InChI is InChI=1S/C20H22F3NO3S/c1-13(2)28(25,26)24-18-10-8-15-11-14(7-9-16(15)18)12-27-19-6-4-3-5-17(19)20(21,22)23/h3-7,9,11,13,18,24H,8,10,12H2,1-2H3. The third kappa shape index (κ3) is 4.50. The summed E-state index contributed by atoms with van der Waals surface area (Å²) in [6.07, 6.45) is -3.12. The molecule has 8 heteroatoms. The van der Waals surface area contributed by atoms with Gasteiger partial charge in [-0.2, -0.15) is 13.2 Å². The second-order valence-electron chi connectivity index (χ2n) is 7.12. The summed E-state index contributed by atoms with van der Waals surface area (Å²) < 4.78 is 71.5. The maximum absolute atomic E-state index is 13.1. The van der Waals surface area contributed by atoms with E-state index in [-0.39, 0.29) is 18.4 Å². The number of fused-ring (bicyclic) bond motifs is 1. The van der Waals surface area contributed by atoms with Crippen LogP contribution in [0.25, 0.3) is 0 Å². The van der Waals surface area contributed by atoms with Crippen molar-refractivity contribution >= 4 is 10.0 Å². The van der Waals surface area contributed by atoms with Crippen LogP contribution in [0.15, 0.2) is 42.5 Å². The number of ether oxygens (including phenoxy) is 1. The van der Waals surface area contributed by atoms with E-state index < -0.39 is 27.0 Å². The summed E-state index contributed by atoms with van der Waals surface area (Å²) in [6.45, 7) is 3.25. The molecule has 0 saturated heterocycles. The van der Waals surface area contributed by atoms with Gasteiger partial charge in [0.15, 0.2) is 0 Å². The highest BCUT2D eigenvalue weighted by atomic mass is 32.2. The quantitative estimate of drug-likeness (QED) is 0.753. The minimum atomic E-state index is -4.48. The first-order chi connectivity index (χ1) is 13.1. The molecular weight excluding hydrogens is 391 g/mol. The van der Waals surface area contributed by atoms with Gasteiger partial charge in [0.25, 0.3) is 0 Å². The molecule has 4 nitrogen and oxygen atoms in total. The van der Waals surface area contributed by atoms with Crippen LogP contribution >= 0.6 is 0 Å². The zero-order chi connectivity index (χ0) is 20.5. The SMILES string of the molecule is CC(C)S(=O)(=O)NC1CCc2cc(COc3ccccc3C(F)(F)F)ccc21. The average Bonchev–Trinajstić information content (AvgIpc) is 3.01. The minimum absolute atomic E-state index is 0.00274. The third-order valence-electron chi connectivity index (χ3n) is 4.80. The number of sulfonamides is 1. The molecule has 1 atom stereocenters. The van der Waals surface area contributed by atoms with Crippen LogP contribution in [-0.2, 0) is 29.2 Å². The molecule has 152 valence electrons. The monoisotopic (exact) mass is 413 g/mol. The number of alkyl halides is 3. The van der Waals surface area contributed by atoms with Crippen molar-refractivity contribution in [3.63, 3.8) is 0 Å². The summed E-state index contributed by atoms with van der Waals surface area (Å²) in [4.78, 5) is 0. The Morgan fingerprint density at radius 1 is 1.18 bits per heavy atom. The van der Waals surface area contributed by atoms with Gasteiger partial charge in [-0.05, 0) is 55.5 Å². The largest absolute Gasteiger partial charge is 0.488 e. The maximum atomic E-state index is 13.1. The summed E-state index contributed by atoms with van der Waals surface area (Å²) in [5, 5.41) is -0.516. The van der Waals surface area contributed by atoms with Crippen molar-refractivity contribution in [1.29, 1.82) is 0 Å². The molecule has 0 radical (unpaired) electrons. The van der Waals surface area contributed by atoms with Gasteiger partial charge in [0.2, 0.25) is 10.0 Å². The third-order valence-corrected chi connectivity index (χ3v) is 6.65. The van der Waals surface area contributed by atoms with Crippen LogP contribution in [0.3, 0.4) is 0 Å². The van der Waals surface area contributed by atoms with Gasteiger partial charge in [-0.15, -0.1) is 0 Å². The summed E-state index contributed by atoms with van der Waals surface area (Å²) in [5.41, 5.74) is 1.83. The van der Waals surface area contributed by atoms with E-state index in [4.69, 9.17) is 4.74 Å². The van der Waals surface area contributed by atoms with Gasteiger partial charge >= 0.3 is 6.18 Å². The fourth-order valence-corrected chi connectivity index (χ4v) is 4.12. The predicted molar refractivity (Wildman–Crippen MR) is 100 cm³/mol. The molecule has 0 aliphatic heterocycles. The second kappa shape index (κ2) is 7.75. The summed E-state index contributed by atoms with van der Waals surface area (Å²) in [7, 11) is -3.38. The molecule has 1 N–H and O–H groups in total. The number of halogens is 3. The number of aryl methyl sites for hydroxylation is 1. The Balaban J connectivity index is 1.73. The topological polar surface area (TPSA) is 55.4 Å². The molecule has 0 saturated carbocycles. The van der Waals surface area contributed by atoms with Crippen LogP contribution in [0.4, 0.5) is 13.2 Å². The van der Waals surface area contributed by atoms with E-state index in [9.17, 15) is 21.6 Å². The van der Waals surface area contributed by atoms with Crippen molar-refractivity contribution in [3.05, 3.63) is 64.7 Å². The van der Waals surface area contributed by atoms with Gasteiger partial charge in [-0.1, -0.05) is 30.3 Å². The summed E-state index contributed by atoms with van der Waals surface area (Å²) in [6, 6.07) is 10.3. The smallest absolute Gasteiger partial charge is 0.419 e. The van der Waals surface area contributed by atoms with E-state index >= 15 is 0 Å². The fraction of sp³-hybridized carbons (Fsp3) is 0.400. The summed E-state index contributed by atoms with van der Waals surface area (Å²) in [5.74, 6) is -0.210. The van der Waals surface area contributed by atoms with E-state index in [1.165, 1.54) is 18.2 Å². The molecule has 3 rings (SSSR count). The molecule has 0 spiro atoms. The van der Waals surface area contributed by atoms with Crippen molar-refractivity contribution < 1.29 is 26.3 Å². The Morgan fingerprint density at radius 3 is 2.57 bits per heavy atom. The van der Waals surface area contributed by atoms with E-state index in [1.54, 1.807) is 19.9 Å². The minimum Gasteiger partial charge on any atom is -0.488 e. The van der Waals surface area contributed by atoms with E-state index in [2.05, 4.69) is 4.72 Å². The van der Waals surface area contributed by atoms with E-state index in [0.29, 0.717) is 12.8 Å². The molecule has 1 aliphatic carbocycles. The number of hydrogen-bond donors (Lipinski definition) is 1. The van der Waals surface area contributed by atoms with Gasteiger partial charge in [0.05, 0.1) is 10.8 Å². The number of para-hydroxylation sites is 1. The molecule has 2 aromatic carbocycles. The highest BCUT2D eigenvalue weighted by Crippen LogP contribution is 2.37. The highest BCUT2D eigenvalue weighted by Gasteiger charge is 2.34. The van der Waals surface area contributed by atoms with Gasteiger partial charge < -0.3 is 4.74 Å². The number of nitrogens with one attached hydrogen (secondary N) is 1. The molecule has 2 aromatic rings. The molecule has 28 heavy (non-hydrogen) atoms. The molecule has 0 heterocycles. The molecular formula is C20H22F3NO3S. The lowest BCUT2D eigenvalue weighted by molar-refractivity contribution is -0.139. The van der Waals surface area contributed by atoms with Crippen molar-refractivity contribution in [3.8, 4) is 5.75 Å². The van der Waals surface area contributed by atoms with Crippen LogP contribution in [0, 0.1) is 0 Å². The van der Waals surface area contributed by atoms with Crippen LogP contribution in [0.1, 0.15) is 48.6 Å². The molecule has 0 aromatic heterocycles. The van der Waals surface area contributed by atoms with Gasteiger partial charge in [-0.3, -0.25) is 0 Å². The number of benzene rings is 2. The zero-order valence-electron chi connectivity index (χ0n) is 15.6. The van der Waals surface area contributed by atoms with Gasteiger partial charge in [0, 0.05) is 6.04 Å². The zero-order valence-corrected chi connectivity index (χ0v) is 16.4. The molecule has 0 amide bonds. The normalized spacial score (nSPS) is 17.0. The lowest BCUT2D eigenvalue weighted by Crippen LogP contribution is -2.33. The first kappa shape index (κ1) is 20.7. The van der Waals surface area contributed by atoms with Crippen molar-refractivity contribution in [2.24, 2.45) is 0 Å². The van der Waals surface area contributed by atoms with Crippen LogP contribution < -0.4 is 9.46 Å². The molecule has 0 bridgehead atoms. The van der Waals surface area contributed by atoms with E-state index in [0.717, 1.165) is 22.8 Å². The lowest BCUT2D eigenvalue weighted by Gasteiger charge is -2.17. The Kier molecular flexibility index (Phi) is 5.72. The lowest BCUT2D eigenvalue weighted by atomic mass is 10.1. The highest BCUT2D eigenvalue weighted by molar-refractivity contribution is 7.90. The number of hydrogen-bond acceptors (Lipinski definition) is 3.